The molecular formula is C21H24N2O4S. The molecule has 0 unspecified atom stereocenters. The number of carbonyl (C=O) groups is 3. The zero-order valence-electron chi connectivity index (χ0n) is 15.6. The summed E-state index contributed by atoms with van der Waals surface area (Å²) in [6.45, 7) is 0. The fourth-order valence-electron chi connectivity index (χ4n) is 5.09. The molecule has 1 aromatic heterocycles. The average molecular weight is 401 g/mol. The van der Waals surface area contributed by atoms with Crippen molar-refractivity contribution in [3.05, 3.63) is 28.2 Å². The van der Waals surface area contributed by atoms with E-state index in [4.69, 9.17) is 0 Å². The van der Waals surface area contributed by atoms with Crippen LogP contribution in [0.15, 0.2) is 12.2 Å². The summed E-state index contributed by atoms with van der Waals surface area (Å²) in [6, 6.07) is 0.252. The summed E-state index contributed by atoms with van der Waals surface area (Å²) in [4.78, 5) is 38.9. The maximum absolute atomic E-state index is 13.1. The summed E-state index contributed by atoms with van der Waals surface area (Å²) in [5, 5.41) is 16.3. The zero-order valence-corrected chi connectivity index (χ0v) is 16.4. The minimum atomic E-state index is -0.908. The number of carbonyl (C=O) groups excluding carboxylic acids is 2. The minimum absolute atomic E-state index is 0.0237. The lowest BCUT2D eigenvalue weighted by Crippen LogP contribution is -2.36. The van der Waals surface area contributed by atoms with Gasteiger partial charge in [0, 0.05) is 10.9 Å². The largest absolute Gasteiger partial charge is 0.481 e. The molecule has 148 valence electrons. The number of amides is 2. The molecule has 4 aliphatic rings. The van der Waals surface area contributed by atoms with Crippen LogP contribution in [0.3, 0.4) is 0 Å². The Morgan fingerprint density at radius 2 is 1.75 bits per heavy atom. The van der Waals surface area contributed by atoms with Gasteiger partial charge in [-0.3, -0.25) is 14.4 Å². The lowest BCUT2D eigenvalue weighted by Gasteiger charge is -2.23. The van der Waals surface area contributed by atoms with E-state index in [9.17, 15) is 19.5 Å². The summed E-state index contributed by atoms with van der Waals surface area (Å²) >= 11 is 1.50. The van der Waals surface area contributed by atoms with Gasteiger partial charge in [-0.15, -0.1) is 11.3 Å². The summed E-state index contributed by atoms with van der Waals surface area (Å²) in [5.74, 6) is -2.59. The number of aryl methyl sites for hydroxylation is 1. The second-order valence-corrected chi connectivity index (χ2v) is 9.60. The van der Waals surface area contributed by atoms with Gasteiger partial charge in [-0.2, -0.15) is 0 Å². The third kappa shape index (κ3) is 2.96. The van der Waals surface area contributed by atoms with E-state index in [0.717, 1.165) is 50.5 Å². The van der Waals surface area contributed by atoms with Crippen LogP contribution in [0, 0.1) is 23.7 Å². The predicted molar refractivity (Wildman–Crippen MR) is 105 cm³/mol. The van der Waals surface area contributed by atoms with Gasteiger partial charge in [0.1, 0.15) is 5.00 Å². The van der Waals surface area contributed by atoms with Gasteiger partial charge in [0.15, 0.2) is 0 Å². The van der Waals surface area contributed by atoms with E-state index in [1.807, 2.05) is 12.2 Å². The minimum Gasteiger partial charge on any atom is -0.481 e. The van der Waals surface area contributed by atoms with Crippen LogP contribution in [0.2, 0.25) is 0 Å². The molecule has 4 atom stereocenters. The van der Waals surface area contributed by atoms with Gasteiger partial charge in [0.25, 0.3) is 5.91 Å². The highest BCUT2D eigenvalue weighted by molar-refractivity contribution is 7.17. The molecule has 0 spiro atoms. The van der Waals surface area contributed by atoms with Crippen molar-refractivity contribution in [2.24, 2.45) is 23.7 Å². The van der Waals surface area contributed by atoms with Crippen molar-refractivity contribution in [3.8, 4) is 0 Å². The van der Waals surface area contributed by atoms with Crippen molar-refractivity contribution >= 4 is 34.1 Å². The monoisotopic (exact) mass is 400 g/mol. The van der Waals surface area contributed by atoms with Crippen molar-refractivity contribution in [1.82, 2.24) is 5.32 Å². The maximum Gasteiger partial charge on any atom is 0.307 e. The third-order valence-electron chi connectivity index (χ3n) is 6.59. The van der Waals surface area contributed by atoms with Gasteiger partial charge >= 0.3 is 5.97 Å². The molecule has 2 fully saturated rings. The number of allylic oxidation sites excluding steroid dienone is 2. The van der Waals surface area contributed by atoms with Crippen molar-refractivity contribution in [3.63, 3.8) is 0 Å². The topological polar surface area (TPSA) is 95.5 Å². The van der Waals surface area contributed by atoms with Gasteiger partial charge in [0.05, 0.1) is 17.4 Å². The smallest absolute Gasteiger partial charge is 0.307 e. The molecule has 3 N–H and O–H groups in total. The van der Waals surface area contributed by atoms with Gasteiger partial charge in [-0.1, -0.05) is 12.2 Å². The Morgan fingerprint density at radius 1 is 1.04 bits per heavy atom. The van der Waals surface area contributed by atoms with Gasteiger partial charge < -0.3 is 15.7 Å². The Kier molecular flexibility index (Phi) is 4.30. The highest BCUT2D eigenvalue weighted by atomic mass is 32.1. The summed E-state index contributed by atoms with van der Waals surface area (Å²) < 4.78 is 0. The van der Waals surface area contributed by atoms with Crippen LogP contribution in [0.25, 0.3) is 0 Å². The fourth-order valence-corrected chi connectivity index (χ4v) is 6.38. The first-order valence-corrected chi connectivity index (χ1v) is 11.0. The predicted octanol–water partition coefficient (Wildman–Crippen LogP) is 2.98. The van der Waals surface area contributed by atoms with E-state index in [1.165, 1.54) is 16.2 Å². The molecule has 1 heterocycles. The number of carboxylic acid groups (broad SMARTS) is 1. The highest BCUT2D eigenvalue weighted by Gasteiger charge is 2.51. The molecule has 6 nitrogen and oxygen atoms in total. The molecule has 7 heteroatoms. The normalized spacial score (nSPS) is 30.1. The van der Waals surface area contributed by atoms with E-state index in [-0.39, 0.29) is 29.7 Å². The van der Waals surface area contributed by atoms with E-state index in [0.29, 0.717) is 10.6 Å². The second kappa shape index (κ2) is 6.72. The number of hydrogen-bond donors (Lipinski definition) is 3. The van der Waals surface area contributed by atoms with Gasteiger partial charge in [-0.05, 0) is 62.3 Å². The van der Waals surface area contributed by atoms with E-state index in [2.05, 4.69) is 10.6 Å². The van der Waals surface area contributed by atoms with Crippen LogP contribution < -0.4 is 10.6 Å². The first-order chi connectivity index (χ1) is 13.5. The lowest BCUT2D eigenvalue weighted by molar-refractivity contribution is -0.146. The van der Waals surface area contributed by atoms with Gasteiger partial charge in [-0.25, -0.2) is 0 Å². The zero-order chi connectivity index (χ0) is 19.4. The Balaban J connectivity index is 1.43. The van der Waals surface area contributed by atoms with Crippen molar-refractivity contribution < 1.29 is 19.5 Å². The van der Waals surface area contributed by atoms with Gasteiger partial charge in [0.2, 0.25) is 5.91 Å². The Bertz CT molecular complexity index is 885. The number of anilines is 1. The highest BCUT2D eigenvalue weighted by Crippen LogP contribution is 2.49. The Morgan fingerprint density at radius 3 is 2.46 bits per heavy atom. The number of fused-ring (bicyclic) bond motifs is 3. The molecule has 1 aromatic rings. The van der Waals surface area contributed by atoms with Crippen molar-refractivity contribution in [2.45, 2.75) is 51.0 Å². The molecular weight excluding hydrogens is 376 g/mol. The lowest BCUT2D eigenvalue weighted by atomic mass is 9.82. The molecule has 0 radical (unpaired) electrons. The summed E-state index contributed by atoms with van der Waals surface area (Å²) in [5.41, 5.74) is 1.69. The van der Waals surface area contributed by atoms with E-state index >= 15 is 0 Å². The van der Waals surface area contributed by atoms with Crippen molar-refractivity contribution in [2.75, 3.05) is 5.32 Å². The van der Waals surface area contributed by atoms with Crippen molar-refractivity contribution in [1.29, 1.82) is 0 Å². The second-order valence-electron chi connectivity index (χ2n) is 8.49. The van der Waals surface area contributed by atoms with Crippen LogP contribution in [-0.2, 0) is 22.4 Å². The first-order valence-electron chi connectivity index (χ1n) is 10.2. The molecule has 4 aliphatic carbocycles. The molecule has 5 rings (SSSR count). The standard InChI is InChI=1S/C21H24N2O4S/c24-18(15-10-5-6-11(9-10)16(15)21(26)27)23-20-17(19(25)22-12-7-8-12)13-3-1-2-4-14(13)28-20/h5-6,10-12,15-16H,1-4,7-9H2,(H,22,25)(H,23,24)(H,26,27)/t10-,11-,15-,16+/m0/s1. The summed E-state index contributed by atoms with van der Waals surface area (Å²) in [7, 11) is 0. The van der Waals surface area contributed by atoms with Crippen LogP contribution in [0.1, 0.15) is 52.9 Å². The third-order valence-corrected chi connectivity index (χ3v) is 7.80. The molecule has 2 bridgehead atoms. The SMILES string of the molecule is O=C(NC1CC1)c1c(NC(=O)[C@@H]2[C@H](C(=O)O)[C@H]3C=C[C@H]2C3)sc2c1CCCC2. The number of rotatable bonds is 5. The molecule has 28 heavy (non-hydrogen) atoms. The number of carboxylic acids is 1. The van der Waals surface area contributed by atoms with Crippen LogP contribution in [-0.4, -0.2) is 28.9 Å². The molecule has 0 saturated heterocycles. The molecule has 2 saturated carbocycles. The Hall–Kier alpha value is -2.15. The number of hydrogen-bond acceptors (Lipinski definition) is 4. The first kappa shape index (κ1) is 17.9. The number of nitrogens with one attached hydrogen (secondary N) is 2. The number of aliphatic carboxylic acids is 1. The Labute approximate surface area is 167 Å². The molecule has 0 aliphatic heterocycles. The maximum atomic E-state index is 13.1. The summed E-state index contributed by atoms with van der Waals surface area (Å²) in [6.07, 6.45) is 10.6. The van der Waals surface area contributed by atoms with E-state index < -0.39 is 17.8 Å². The molecule has 2 amide bonds. The average Bonchev–Trinajstić information content (AvgIpc) is 3.10. The quantitative estimate of drug-likeness (QED) is 0.662. The molecule has 0 aromatic carbocycles. The van der Waals surface area contributed by atoms with Crippen LogP contribution in [0.4, 0.5) is 5.00 Å². The van der Waals surface area contributed by atoms with Crippen LogP contribution >= 0.6 is 11.3 Å². The van der Waals surface area contributed by atoms with Crippen LogP contribution in [0.5, 0.6) is 0 Å². The van der Waals surface area contributed by atoms with E-state index in [1.54, 1.807) is 0 Å². The fraction of sp³-hybridized carbons (Fsp3) is 0.571. The number of thiophene rings is 1.